The van der Waals surface area contributed by atoms with Gasteiger partial charge in [0.1, 0.15) is 5.03 Å². The second kappa shape index (κ2) is 7.75. The van der Waals surface area contributed by atoms with Crippen molar-refractivity contribution in [3.8, 4) is 0 Å². The molecule has 3 aromatic rings. The Labute approximate surface area is 147 Å². The van der Waals surface area contributed by atoms with Gasteiger partial charge in [-0.2, -0.15) is 9.61 Å². The molecule has 0 fully saturated rings. The smallest absolute Gasteiger partial charge is 0.251 e. The number of carbonyl (C=O) groups is 2. The van der Waals surface area contributed by atoms with Crippen LogP contribution in [0.2, 0.25) is 0 Å². The van der Waals surface area contributed by atoms with Gasteiger partial charge in [0.2, 0.25) is 5.91 Å². The van der Waals surface area contributed by atoms with Gasteiger partial charge in [0.15, 0.2) is 11.5 Å². The van der Waals surface area contributed by atoms with Gasteiger partial charge in [0.25, 0.3) is 5.91 Å². The van der Waals surface area contributed by atoms with Crippen LogP contribution in [0.25, 0.3) is 5.65 Å². The highest BCUT2D eigenvalue weighted by molar-refractivity contribution is 7.99. The molecule has 1 aromatic carbocycles. The molecule has 0 bridgehead atoms. The van der Waals surface area contributed by atoms with Crippen molar-refractivity contribution in [2.75, 3.05) is 12.3 Å². The van der Waals surface area contributed by atoms with Crippen LogP contribution in [0.1, 0.15) is 16.2 Å². The first-order valence-corrected chi connectivity index (χ1v) is 8.58. The van der Waals surface area contributed by atoms with E-state index in [4.69, 9.17) is 5.73 Å². The maximum Gasteiger partial charge on any atom is 0.251 e. The topological polar surface area (TPSA) is 115 Å². The van der Waals surface area contributed by atoms with Gasteiger partial charge in [-0.3, -0.25) is 9.59 Å². The Bertz CT molecular complexity index is 896. The highest BCUT2D eigenvalue weighted by atomic mass is 32.2. The summed E-state index contributed by atoms with van der Waals surface area (Å²) in [6.07, 6.45) is 0.483. The van der Waals surface area contributed by atoms with Gasteiger partial charge in [-0.1, -0.05) is 30.0 Å². The van der Waals surface area contributed by atoms with Gasteiger partial charge in [-0.15, -0.1) is 10.2 Å². The second-order valence-electron chi connectivity index (χ2n) is 5.18. The summed E-state index contributed by atoms with van der Waals surface area (Å²) in [5.74, 6) is 0.243. The van der Waals surface area contributed by atoms with Gasteiger partial charge < -0.3 is 11.1 Å². The molecule has 0 aliphatic rings. The van der Waals surface area contributed by atoms with Crippen LogP contribution in [0, 0.1) is 0 Å². The summed E-state index contributed by atoms with van der Waals surface area (Å²) in [6.45, 7) is 0.412. The fraction of sp³-hybridized carbons (Fsp3) is 0.188. The highest BCUT2D eigenvalue weighted by Crippen LogP contribution is 2.15. The lowest BCUT2D eigenvalue weighted by molar-refractivity contribution is -0.115. The van der Waals surface area contributed by atoms with E-state index in [9.17, 15) is 9.59 Å². The zero-order valence-electron chi connectivity index (χ0n) is 13.3. The molecule has 0 unspecified atom stereocenters. The van der Waals surface area contributed by atoms with E-state index >= 15 is 0 Å². The SMILES string of the molecule is NC(=O)CSc1ccc2nnc(CCNC(=O)c3ccccc3)n2n1. The fourth-order valence-electron chi connectivity index (χ4n) is 2.17. The largest absolute Gasteiger partial charge is 0.369 e. The Morgan fingerprint density at radius 3 is 2.68 bits per heavy atom. The zero-order chi connectivity index (χ0) is 17.6. The Balaban J connectivity index is 1.64. The summed E-state index contributed by atoms with van der Waals surface area (Å²) in [5, 5.41) is 16.0. The molecule has 0 saturated carbocycles. The number of benzene rings is 1. The van der Waals surface area contributed by atoms with Gasteiger partial charge in [0, 0.05) is 18.5 Å². The average molecular weight is 356 g/mol. The third-order valence-electron chi connectivity index (χ3n) is 3.34. The van der Waals surface area contributed by atoms with Crippen LogP contribution in [0.4, 0.5) is 0 Å². The summed E-state index contributed by atoms with van der Waals surface area (Å²) in [6, 6.07) is 12.5. The molecule has 0 saturated heterocycles. The fourth-order valence-corrected chi connectivity index (χ4v) is 2.77. The lowest BCUT2D eigenvalue weighted by atomic mass is 10.2. The lowest BCUT2D eigenvalue weighted by Gasteiger charge is -2.05. The molecule has 0 aliphatic carbocycles. The van der Waals surface area contributed by atoms with Crippen LogP contribution in [0.15, 0.2) is 47.5 Å². The Kier molecular flexibility index (Phi) is 5.24. The molecule has 2 heterocycles. The number of aromatic nitrogens is 4. The van der Waals surface area contributed by atoms with E-state index in [0.717, 1.165) is 0 Å². The summed E-state index contributed by atoms with van der Waals surface area (Å²) in [4.78, 5) is 22.9. The maximum atomic E-state index is 12.0. The number of thioether (sulfide) groups is 1. The van der Waals surface area contributed by atoms with Crippen LogP contribution in [-0.4, -0.2) is 43.9 Å². The van der Waals surface area contributed by atoms with Gasteiger partial charge in [-0.25, -0.2) is 0 Å². The average Bonchev–Trinajstić information content (AvgIpc) is 3.03. The quantitative estimate of drug-likeness (QED) is 0.601. The molecule has 3 N–H and O–H groups in total. The molecule has 0 atom stereocenters. The molecule has 0 radical (unpaired) electrons. The first kappa shape index (κ1) is 16.9. The first-order chi connectivity index (χ1) is 12.1. The van der Waals surface area contributed by atoms with Gasteiger partial charge in [-0.05, 0) is 24.3 Å². The van der Waals surface area contributed by atoms with E-state index in [-0.39, 0.29) is 11.7 Å². The van der Waals surface area contributed by atoms with Crippen LogP contribution < -0.4 is 11.1 Å². The number of nitrogens with zero attached hydrogens (tertiary/aromatic N) is 4. The van der Waals surface area contributed by atoms with Crippen molar-refractivity contribution < 1.29 is 9.59 Å². The van der Waals surface area contributed by atoms with E-state index < -0.39 is 5.91 Å². The summed E-state index contributed by atoms with van der Waals surface area (Å²) < 4.78 is 1.61. The molecule has 2 amide bonds. The molecule has 9 heteroatoms. The zero-order valence-corrected chi connectivity index (χ0v) is 14.1. The van der Waals surface area contributed by atoms with Crippen molar-refractivity contribution in [2.24, 2.45) is 5.73 Å². The minimum Gasteiger partial charge on any atom is -0.369 e. The van der Waals surface area contributed by atoms with E-state index in [1.165, 1.54) is 11.8 Å². The summed E-state index contributed by atoms with van der Waals surface area (Å²) in [7, 11) is 0. The van der Waals surface area contributed by atoms with E-state index in [2.05, 4.69) is 20.6 Å². The third kappa shape index (κ3) is 4.32. The van der Waals surface area contributed by atoms with E-state index in [0.29, 0.717) is 35.0 Å². The number of nitrogens with two attached hydrogens (primary N) is 1. The number of fused-ring (bicyclic) bond motifs is 1. The Hall–Kier alpha value is -2.94. The molecule has 128 valence electrons. The molecule has 25 heavy (non-hydrogen) atoms. The molecular formula is C16H16N6O2S. The Morgan fingerprint density at radius 2 is 1.92 bits per heavy atom. The van der Waals surface area contributed by atoms with Crippen molar-refractivity contribution in [3.63, 3.8) is 0 Å². The summed E-state index contributed by atoms with van der Waals surface area (Å²) in [5.41, 5.74) is 6.36. The molecule has 2 aromatic heterocycles. The van der Waals surface area contributed by atoms with Gasteiger partial charge >= 0.3 is 0 Å². The van der Waals surface area contributed by atoms with Crippen molar-refractivity contribution in [1.82, 2.24) is 25.1 Å². The minimum absolute atomic E-state index is 0.139. The first-order valence-electron chi connectivity index (χ1n) is 7.59. The van der Waals surface area contributed by atoms with Crippen molar-refractivity contribution in [3.05, 3.63) is 53.9 Å². The molecular weight excluding hydrogens is 340 g/mol. The standard InChI is InChI=1S/C16H16N6O2S/c17-12(23)10-25-15-7-6-13-19-20-14(22(13)21-15)8-9-18-16(24)11-4-2-1-3-5-11/h1-7H,8-10H2,(H2,17,23)(H,18,24). The molecule has 0 aliphatic heterocycles. The Morgan fingerprint density at radius 1 is 1.12 bits per heavy atom. The third-order valence-corrected chi connectivity index (χ3v) is 4.28. The number of carbonyl (C=O) groups excluding carboxylic acids is 2. The molecule has 8 nitrogen and oxygen atoms in total. The minimum atomic E-state index is -0.403. The van der Waals surface area contributed by atoms with Crippen molar-refractivity contribution >= 4 is 29.2 Å². The van der Waals surface area contributed by atoms with Crippen LogP contribution in [0.3, 0.4) is 0 Å². The van der Waals surface area contributed by atoms with Crippen LogP contribution >= 0.6 is 11.8 Å². The predicted octanol–water partition coefficient (Wildman–Crippen LogP) is 0.674. The molecule has 0 spiro atoms. The van der Waals surface area contributed by atoms with Crippen molar-refractivity contribution in [1.29, 1.82) is 0 Å². The van der Waals surface area contributed by atoms with Crippen LogP contribution in [0.5, 0.6) is 0 Å². The van der Waals surface area contributed by atoms with E-state index in [1.807, 2.05) is 18.2 Å². The molecule has 3 rings (SSSR count). The number of rotatable bonds is 7. The number of nitrogens with one attached hydrogen (secondary N) is 1. The lowest BCUT2D eigenvalue weighted by Crippen LogP contribution is -2.26. The van der Waals surface area contributed by atoms with Gasteiger partial charge in [0.05, 0.1) is 5.75 Å². The van der Waals surface area contributed by atoms with Crippen LogP contribution in [-0.2, 0) is 11.2 Å². The predicted molar refractivity (Wildman–Crippen MR) is 93.2 cm³/mol. The normalized spacial score (nSPS) is 10.7. The number of hydrogen-bond acceptors (Lipinski definition) is 6. The number of primary amides is 1. The monoisotopic (exact) mass is 356 g/mol. The maximum absolute atomic E-state index is 12.0. The number of amides is 2. The van der Waals surface area contributed by atoms with E-state index in [1.54, 1.807) is 28.8 Å². The van der Waals surface area contributed by atoms with Crippen molar-refractivity contribution in [2.45, 2.75) is 11.4 Å². The summed E-state index contributed by atoms with van der Waals surface area (Å²) >= 11 is 1.25. The number of hydrogen-bond donors (Lipinski definition) is 2. The second-order valence-corrected chi connectivity index (χ2v) is 6.18. The highest BCUT2D eigenvalue weighted by Gasteiger charge is 2.10.